The number of aromatic amines is 2. The molecule has 4 N–H and O–H groups in total. The molecule has 0 amide bonds. The summed E-state index contributed by atoms with van der Waals surface area (Å²) < 4.78 is 20.8. The molecule has 10 nitrogen and oxygen atoms in total. The van der Waals surface area contributed by atoms with Crippen molar-refractivity contribution in [2.45, 2.75) is 44.8 Å². The van der Waals surface area contributed by atoms with Crippen molar-refractivity contribution in [1.82, 2.24) is 35.0 Å². The second kappa shape index (κ2) is 12.7. The molecule has 1 aliphatic heterocycles. The minimum Gasteiger partial charge on any atom is -0.492 e. The molecule has 47 heavy (non-hydrogen) atoms. The molecule has 0 radical (unpaired) electrons. The number of hydrogen-bond donors (Lipinski definition) is 4. The number of nitrogens with one attached hydrogen (secondary N) is 3. The Morgan fingerprint density at radius 3 is 2.72 bits per heavy atom. The number of aliphatic hydroxyl groups excluding tert-OH is 1. The number of benzene rings is 2. The van der Waals surface area contributed by atoms with Gasteiger partial charge in [0.15, 0.2) is 5.82 Å². The number of hydrogen-bond acceptors (Lipinski definition) is 8. The number of ether oxygens (including phenoxy) is 1. The number of aromatic nitrogens is 6. The van der Waals surface area contributed by atoms with Gasteiger partial charge in [0, 0.05) is 41.2 Å². The Labute approximate surface area is 271 Å². The minimum atomic E-state index is -0.602. The Hall–Kier alpha value is -4.87. The van der Waals surface area contributed by atoms with Crippen LogP contribution >= 0.6 is 0 Å². The van der Waals surface area contributed by atoms with Crippen molar-refractivity contribution < 1.29 is 14.2 Å². The summed E-state index contributed by atoms with van der Waals surface area (Å²) in [5.41, 5.74) is 6.73. The predicted molar refractivity (Wildman–Crippen MR) is 180 cm³/mol. The zero-order valence-corrected chi connectivity index (χ0v) is 26.0. The van der Waals surface area contributed by atoms with Gasteiger partial charge in [-0.15, -0.1) is 0 Å². The fourth-order valence-electron chi connectivity index (χ4n) is 6.95. The molecule has 0 bridgehead atoms. The Balaban J connectivity index is 1.08. The number of pyridine rings is 2. The first kappa shape index (κ1) is 29.5. The van der Waals surface area contributed by atoms with Crippen LogP contribution in [0.5, 0.6) is 5.75 Å². The maximum Gasteiger partial charge on any atom is 0.159 e. The van der Waals surface area contributed by atoms with Gasteiger partial charge in [0.25, 0.3) is 0 Å². The number of likely N-dealkylation sites (tertiary alicyclic amines) is 1. The molecular formula is C36H37FN8O2. The maximum atomic E-state index is 14.8. The van der Waals surface area contributed by atoms with E-state index in [-0.39, 0.29) is 11.7 Å². The van der Waals surface area contributed by atoms with Gasteiger partial charge in [0.2, 0.25) is 0 Å². The third kappa shape index (κ3) is 6.16. The number of fused-ring (bicyclic) bond motifs is 2. The van der Waals surface area contributed by atoms with Gasteiger partial charge in [0.1, 0.15) is 30.1 Å². The van der Waals surface area contributed by atoms with Crippen LogP contribution in [0, 0.1) is 11.7 Å². The average Bonchev–Trinajstić information content (AvgIpc) is 3.91. The second-order valence-electron chi connectivity index (χ2n) is 12.6. The molecule has 2 aromatic carbocycles. The van der Waals surface area contributed by atoms with E-state index in [1.54, 1.807) is 18.6 Å². The van der Waals surface area contributed by atoms with Crippen LogP contribution in [-0.2, 0) is 0 Å². The summed E-state index contributed by atoms with van der Waals surface area (Å²) in [6.07, 6.45) is 11.5. The molecule has 6 aromatic rings. The fourth-order valence-corrected chi connectivity index (χ4v) is 6.95. The van der Waals surface area contributed by atoms with Gasteiger partial charge in [0.05, 0.1) is 40.3 Å². The highest BCUT2D eigenvalue weighted by Gasteiger charge is 2.23. The highest BCUT2D eigenvalue weighted by Crippen LogP contribution is 2.35. The zero-order valence-electron chi connectivity index (χ0n) is 26.0. The molecule has 0 spiro atoms. The van der Waals surface area contributed by atoms with Gasteiger partial charge in [-0.2, -0.15) is 5.10 Å². The zero-order chi connectivity index (χ0) is 31.7. The van der Waals surface area contributed by atoms with Crippen molar-refractivity contribution in [3.05, 3.63) is 72.9 Å². The van der Waals surface area contributed by atoms with E-state index in [0.717, 1.165) is 84.2 Å². The van der Waals surface area contributed by atoms with Crippen LogP contribution in [0.25, 0.3) is 55.8 Å². The number of rotatable bonds is 10. The van der Waals surface area contributed by atoms with Crippen LogP contribution in [0.1, 0.15) is 38.5 Å². The van der Waals surface area contributed by atoms with Crippen molar-refractivity contribution in [3.63, 3.8) is 0 Å². The Bertz CT molecular complexity index is 2030. The molecule has 11 heteroatoms. The molecular weight excluding hydrogens is 595 g/mol. The largest absolute Gasteiger partial charge is 0.492 e. The van der Waals surface area contributed by atoms with Crippen molar-refractivity contribution in [2.24, 2.45) is 5.92 Å². The smallest absolute Gasteiger partial charge is 0.159 e. The third-order valence-corrected chi connectivity index (χ3v) is 9.44. The van der Waals surface area contributed by atoms with E-state index in [1.807, 2.05) is 36.4 Å². The lowest BCUT2D eigenvalue weighted by Crippen LogP contribution is -2.26. The molecule has 2 fully saturated rings. The molecule has 1 saturated heterocycles. The molecule has 1 aliphatic carbocycles. The van der Waals surface area contributed by atoms with E-state index in [0.29, 0.717) is 35.0 Å². The first-order chi connectivity index (χ1) is 23.1. The van der Waals surface area contributed by atoms with Crippen molar-refractivity contribution in [1.29, 1.82) is 0 Å². The molecule has 8 rings (SSSR count). The molecule has 1 saturated carbocycles. The summed E-state index contributed by atoms with van der Waals surface area (Å²) in [4.78, 5) is 19.8. The van der Waals surface area contributed by atoms with E-state index in [1.165, 1.54) is 25.0 Å². The number of imidazole rings is 1. The molecule has 4 aromatic heterocycles. The Kier molecular flexibility index (Phi) is 8.00. The molecule has 5 heterocycles. The fraction of sp³-hybridized carbons (Fsp3) is 0.333. The van der Waals surface area contributed by atoms with Gasteiger partial charge in [-0.1, -0.05) is 25.0 Å². The van der Waals surface area contributed by atoms with Crippen LogP contribution in [0.3, 0.4) is 0 Å². The van der Waals surface area contributed by atoms with Crippen molar-refractivity contribution in [2.75, 3.05) is 31.6 Å². The van der Waals surface area contributed by atoms with Gasteiger partial charge in [-0.25, -0.2) is 9.37 Å². The number of halogens is 1. The van der Waals surface area contributed by atoms with Gasteiger partial charge in [-0.3, -0.25) is 20.0 Å². The monoisotopic (exact) mass is 632 g/mol. The molecule has 1 atom stereocenters. The SMILES string of the molecule is OC(Nc1cncc(-c2cc3c(-c4nc5c(-c6cc(F)cc(OCCN7CCCC7)c6)cccc5[nH]4)n[nH]c3cn2)c1)C1CCCC1. The van der Waals surface area contributed by atoms with E-state index in [2.05, 4.69) is 35.4 Å². The minimum absolute atomic E-state index is 0.256. The van der Waals surface area contributed by atoms with Crippen molar-refractivity contribution in [3.8, 4) is 39.7 Å². The molecule has 240 valence electrons. The summed E-state index contributed by atoms with van der Waals surface area (Å²) in [5, 5.41) is 22.4. The third-order valence-electron chi connectivity index (χ3n) is 9.44. The van der Waals surface area contributed by atoms with Gasteiger partial charge < -0.3 is 20.1 Å². The quantitative estimate of drug-likeness (QED) is 0.122. The van der Waals surface area contributed by atoms with E-state index >= 15 is 0 Å². The summed E-state index contributed by atoms with van der Waals surface area (Å²) in [6, 6.07) is 14.6. The normalized spacial score (nSPS) is 16.4. The van der Waals surface area contributed by atoms with Crippen LogP contribution in [0.2, 0.25) is 0 Å². The number of para-hydroxylation sites is 1. The van der Waals surface area contributed by atoms with E-state index in [9.17, 15) is 9.50 Å². The van der Waals surface area contributed by atoms with Gasteiger partial charge >= 0.3 is 0 Å². The standard InChI is InChI=1S/C36H37FN8O2/c37-25-14-23(16-27(17-25)47-13-12-45-10-3-4-11-45)28-8-5-9-30-33(28)42-35(41-30)34-29-18-31(39-21-32(29)43-44-34)24-15-26(20-38-19-24)40-36(46)22-6-1-2-7-22/h5,8-9,14-22,36,40,46H,1-4,6-7,10-13H2,(H,41,42)(H,43,44). The summed E-state index contributed by atoms with van der Waals surface area (Å²) in [7, 11) is 0. The number of anilines is 1. The summed E-state index contributed by atoms with van der Waals surface area (Å²) >= 11 is 0. The summed E-state index contributed by atoms with van der Waals surface area (Å²) in [6.45, 7) is 3.54. The van der Waals surface area contributed by atoms with E-state index in [4.69, 9.17) is 9.72 Å². The Morgan fingerprint density at radius 1 is 0.979 bits per heavy atom. The number of H-pyrrole nitrogens is 2. The number of aliphatic hydroxyl groups is 1. The molecule has 1 unspecified atom stereocenters. The lowest BCUT2D eigenvalue weighted by molar-refractivity contribution is 0.137. The highest BCUT2D eigenvalue weighted by molar-refractivity contribution is 5.98. The average molecular weight is 633 g/mol. The maximum absolute atomic E-state index is 14.8. The van der Waals surface area contributed by atoms with E-state index < -0.39 is 6.23 Å². The predicted octanol–water partition coefficient (Wildman–Crippen LogP) is 6.76. The lowest BCUT2D eigenvalue weighted by atomic mass is 10.0. The van der Waals surface area contributed by atoms with Crippen LogP contribution in [0.15, 0.2) is 67.1 Å². The summed E-state index contributed by atoms with van der Waals surface area (Å²) in [5.74, 6) is 0.994. The highest BCUT2D eigenvalue weighted by atomic mass is 19.1. The van der Waals surface area contributed by atoms with Gasteiger partial charge in [-0.05, 0) is 74.7 Å². The Morgan fingerprint density at radius 2 is 1.85 bits per heavy atom. The number of nitrogens with zero attached hydrogens (tertiary/aromatic N) is 5. The topological polar surface area (TPSA) is 128 Å². The first-order valence-electron chi connectivity index (χ1n) is 16.5. The second-order valence-corrected chi connectivity index (χ2v) is 12.6. The van der Waals surface area contributed by atoms with Crippen molar-refractivity contribution >= 4 is 27.6 Å². The van der Waals surface area contributed by atoms with Crippen LogP contribution in [-0.4, -0.2) is 72.6 Å². The lowest BCUT2D eigenvalue weighted by Gasteiger charge is -2.20. The van der Waals surface area contributed by atoms with Crippen LogP contribution in [0.4, 0.5) is 10.1 Å². The molecule has 2 aliphatic rings. The first-order valence-corrected chi connectivity index (χ1v) is 16.5. The van der Waals surface area contributed by atoms with Crippen LogP contribution < -0.4 is 10.1 Å².